The first-order valence-corrected chi connectivity index (χ1v) is 9.39. The summed E-state index contributed by atoms with van der Waals surface area (Å²) in [7, 11) is 3.03. The molecule has 0 bridgehead atoms. The summed E-state index contributed by atoms with van der Waals surface area (Å²) in [5, 5.41) is 4.60. The molecule has 2 aromatic carbocycles. The zero-order valence-electron chi connectivity index (χ0n) is 15.4. The normalized spacial score (nSPS) is 10.4. The van der Waals surface area contributed by atoms with Crippen LogP contribution in [0.15, 0.2) is 60.0 Å². The second-order valence-corrected chi connectivity index (χ2v) is 7.05. The first-order valence-electron chi connectivity index (χ1n) is 8.51. The number of carbonyl (C=O) groups is 2. The van der Waals surface area contributed by atoms with E-state index in [0.29, 0.717) is 21.7 Å². The van der Waals surface area contributed by atoms with Crippen molar-refractivity contribution in [1.82, 2.24) is 4.90 Å². The van der Waals surface area contributed by atoms with Crippen LogP contribution in [0.25, 0.3) is 0 Å². The van der Waals surface area contributed by atoms with Crippen molar-refractivity contribution in [1.29, 1.82) is 0 Å². The highest BCUT2D eigenvalue weighted by Gasteiger charge is 2.18. The summed E-state index contributed by atoms with van der Waals surface area (Å²) in [6.45, 7) is 0.215. The number of hydrogen-bond acceptors (Lipinski definition) is 4. The summed E-state index contributed by atoms with van der Waals surface area (Å²) in [5.41, 5.74) is 1.43. The van der Waals surface area contributed by atoms with Gasteiger partial charge in [0.05, 0.1) is 23.2 Å². The average Bonchev–Trinajstić information content (AvgIpc) is 3.23. The van der Waals surface area contributed by atoms with Crippen molar-refractivity contribution in [2.45, 2.75) is 6.54 Å². The molecule has 0 saturated heterocycles. The summed E-state index contributed by atoms with van der Waals surface area (Å²) >= 11 is 1.32. The number of halogens is 1. The number of nitrogens with zero attached hydrogens (tertiary/aromatic N) is 1. The maximum atomic E-state index is 13.9. The molecule has 0 aliphatic carbocycles. The molecule has 1 N–H and O–H groups in total. The molecule has 28 heavy (non-hydrogen) atoms. The Labute approximate surface area is 166 Å². The van der Waals surface area contributed by atoms with Crippen molar-refractivity contribution in [2.75, 3.05) is 19.5 Å². The van der Waals surface area contributed by atoms with E-state index in [4.69, 9.17) is 4.74 Å². The van der Waals surface area contributed by atoms with Crippen LogP contribution in [0.3, 0.4) is 0 Å². The predicted octanol–water partition coefficient (Wildman–Crippen LogP) is 4.42. The van der Waals surface area contributed by atoms with Gasteiger partial charge in [0.2, 0.25) is 0 Å². The summed E-state index contributed by atoms with van der Waals surface area (Å²) < 4.78 is 18.8. The Morgan fingerprint density at radius 2 is 1.93 bits per heavy atom. The molecule has 7 heteroatoms. The van der Waals surface area contributed by atoms with E-state index in [1.807, 2.05) is 5.38 Å². The van der Waals surface area contributed by atoms with E-state index in [-0.39, 0.29) is 24.1 Å². The minimum absolute atomic E-state index is 0.152. The fourth-order valence-corrected chi connectivity index (χ4v) is 3.35. The first kappa shape index (κ1) is 19.6. The number of anilines is 1. The fourth-order valence-electron chi connectivity index (χ4n) is 2.73. The van der Waals surface area contributed by atoms with Crippen molar-refractivity contribution < 1.29 is 18.7 Å². The summed E-state index contributed by atoms with van der Waals surface area (Å²) in [4.78, 5) is 27.3. The number of ether oxygens (including phenoxy) is 1. The number of methoxy groups -OCH3 is 1. The molecule has 3 aromatic rings. The molecule has 5 nitrogen and oxygen atoms in total. The number of thiophene rings is 1. The van der Waals surface area contributed by atoms with Crippen molar-refractivity contribution in [3.05, 3.63) is 81.8 Å². The van der Waals surface area contributed by atoms with Crippen molar-refractivity contribution in [3.8, 4) is 5.75 Å². The largest absolute Gasteiger partial charge is 0.494 e. The number of hydrogen-bond donors (Lipinski definition) is 1. The van der Waals surface area contributed by atoms with Gasteiger partial charge in [0, 0.05) is 13.6 Å². The van der Waals surface area contributed by atoms with E-state index in [2.05, 4.69) is 5.32 Å². The molecular formula is C21H19FN2O3S. The molecule has 0 atom stereocenters. The standard InChI is InChI=1S/C21H19FN2O3S/c1-24(13-14-9-10-18(27-2)16(22)12-14)21(26)15-6-3-4-7-17(15)23-20(25)19-8-5-11-28-19/h3-12H,13H2,1-2H3,(H,23,25). The Balaban J connectivity index is 1.76. The number of nitrogens with one attached hydrogen (secondary N) is 1. The summed E-state index contributed by atoms with van der Waals surface area (Å²) in [6.07, 6.45) is 0. The van der Waals surface area contributed by atoms with Gasteiger partial charge in [-0.15, -0.1) is 11.3 Å². The third kappa shape index (κ3) is 4.37. The van der Waals surface area contributed by atoms with Crippen LogP contribution in [-0.2, 0) is 6.54 Å². The van der Waals surface area contributed by atoms with Crippen molar-refractivity contribution in [2.24, 2.45) is 0 Å². The Bertz CT molecular complexity index is 989. The van der Waals surface area contributed by atoms with Crippen molar-refractivity contribution >= 4 is 28.8 Å². The van der Waals surface area contributed by atoms with Gasteiger partial charge in [-0.05, 0) is 41.3 Å². The predicted molar refractivity (Wildman–Crippen MR) is 107 cm³/mol. The van der Waals surface area contributed by atoms with Crippen LogP contribution >= 0.6 is 11.3 Å². The lowest BCUT2D eigenvalue weighted by molar-refractivity contribution is 0.0786. The SMILES string of the molecule is COc1ccc(CN(C)C(=O)c2ccccc2NC(=O)c2cccs2)cc1F. The summed E-state index contributed by atoms with van der Waals surface area (Å²) in [5.74, 6) is -0.878. The molecule has 0 unspecified atom stereocenters. The Morgan fingerprint density at radius 1 is 1.14 bits per heavy atom. The fraction of sp³-hybridized carbons (Fsp3) is 0.143. The van der Waals surface area contributed by atoms with E-state index in [1.165, 1.54) is 35.5 Å². The highest BCUT2D eigenvalue weighted by Crippen LogP contribution is 2.22. The Morgan fingerprint density at radius 3 is 2.61 bits per heavy atom. The van der Waals surface area contributed by atoms with Crippen LogP contribution in [-0.4, -0.2) is 30.9 Å². The highest BCUT2D eigenvalue weighted by molar-refractivity contribution is 7.12. The molecule has 0 spiro atoms. The third-order valence-electron chi connectivity index (χ3n) is 4.13. The molecule has 1 heterocycles. The maximum Gasteiger partial charge on any atom is 0.265 e. The number of amides is 2. The van der Waals surface area contributed by atoms with Gasteiger partial charge >= 0.3 is 0 Å². The zero-order valence-corrected chi connectivity index (χ0v) is 16.3. The molecule has 1 aromatic heterocycles. The Hall–Kier alpha value is -3.19. The quantitative estimate of drug-likeness (QED) is 0.669. The number of carbonyl (C=O) groups excluding carboxylic acids is 2. The van der Waals surface area contributed by atoms with Gasteiger partial charge in [-0.1, -0.05) is 24.3 Å². The Kier molecular flexibility index (Phi) is 6.06. The molecule has 3 rings (SSSR count). The smallest absolute Gasteiger partial charge is 0.265 e. The zero-order chi connectivity index (χ0) is 20.1. The van der Waals surface area contributed by atoms with E-state index in [0.717, 1.165) is 0 Å². The van der Waals surface area contributed by atoms with E-state index >= 15 is 0 Å². The summed E-state index contributed by atoms with van der Waals surface area (Å²) in [6, 6.07) is 14.9. The highest BCUT2D eigenvalue weighted by atomic mass is 32.1. The monoisotopic (exact) mass is 398 g/mol. The van der Waals surface area contributed by atoms with Gasteiger partial charge in [-0.3, -0.25) is 9.59 Å². The number of rotatable bonds is 6. The molecule has 144 valence electrons. The van der Waals surface area contributed by atoms with Crippen LogP contribution < -0.4 is 10.1 Å². The molecule has 0 radical (unpaired) electrons. The first-order chi connectivity index (χ1) is 13.5. The second-order valence-electron chi connectivity index (χ2n) is 6.11. The molecule has 0 saturated carbocycles. The van der Waals surface area contributed by atoms with Crippen LogP contribution in [0.2, 0.25) is 0 Å². The lowest BCUT2D eigenvalue weighted by Gasteiger charge is -2.19. The average molecular weight is 398 g/mol. The van der Waals surface area contributed by atoms with Gasteiger partial charge in [-0.2, -0.15) is 0 Å². The third-order valence-corrected chi connectivity index (χ3v) is 5.00. The maximum absolute atomic E-state index is 13.9. The van der Waals surface area contributed by atoms with Crippen LogP contribution in [0.5, 0.6) is 5.75 Å². The topological polar surface area (TPSA) is 58.6 Å². The number of para-hydroxylation sites is 1. The molecule has 0 aliphatic heterocycles. The number of benzene rings is 2. The molecule has 2 amide bonds. The van der Waals surface area contributed by atoms with E-state index in [1.54, 1.807) is 49.5 Å². The molecule has 0 aliphatic rings. The van der Waals surface area contributed by atoms with Crippen LogP contribution in [0, 0.1) is 5.82 Å². The van der Waals surface area contributed by atoms with Gasteiger partial charge in [-0.25, -0.2) is 4.39 Å². The van der Waals surface area contributed by atoms with Gasteiger partial charge in [0.1, 0.15) is 0 Å². The second kappa shape index (κ2) is 8.67. The van der Waals surface area contributed by atoms with Gasteiger partial charge < -0.3 is 15.0 Å². The van der Waals surface area contributed by atoms with E-state index in [9.17, 15) is 14.0 Å². The van der Waals surface area contributed by atoms with Gasteiger partial charge in [0.25, 0.3) is 11.8 Å². The van der Waals surface area contributed by atoms with Crippen LogP contribution in [0.4, 0.5) is 10.1 Å². The van der Waals surface area contributed by atoms with Gasteiger partial charge in [0.15, 0.2) is 11.6 Å². The van der Waals surface area contributed by atoms with Crippen molar-refractivity contribution in [3.63, 3.8) is 0 Å². The van der Waals surface area contributed by atoms with E-state index < -0.39 is 5.82 Å². The lowest BCUT2D eigenvalue weighted by atomic mass is 10.1. The minimum Gasteiger partial charge on any atom is -0.494 e. The van der Waals surface area contributed by atoms with Crippen LogP contribution in [0.1, 0.15) is 25.6 Å². The lowest BCUT2D eigenvalue weighted by Crippen LogP contribution is -2.27. The minimum atomic E-state index is -0.482. The molecule has 0 fully saturated rings. The molecular weight excluding hydrogens is 379 g/mol.